The molecule has 0 aliphatic rings. The van der Waals surface area contributed by atoms with Gasteiger partial charge in [0, 0.05) is 42.4 Å². The van der Waals surface area contributed by atoms with E-state index >= 15 is 0 Å². The van der Waals surface area contributed by atoms with Gasteiger partial charge in [0.15, 0.2) is 12.4 Å². The van der Waals surface area contributed by atoms with Crippen LogP contribution in [0.15, 0.2) is 94.4 Å². The molecule has 4 aromatic rings. The number of allylic oxidation sites excluding steroid dienone is 1. The van der Waals surface area contributed by atoms with Crippen LogP contribution in [0.3, 0.4) is 0 Å². The molecular formula is C27H25N2O3+. The maximum Gasteiger partial charge on any atom is 0.347 e. The third-order valence-corrected chi connectivity index (χ3v) is 5.44. The van der Waals surface area contributed by atoms with Crippen molar-refractivity contribution in [3.8, 4) is 0 Å². The van der Waals surface area contributed by atoms with Crippen LogP contribution in [0, 0.1) is 0 Å². The number of fused-ring (bicyclic) bond motifs is 1. The Morgan fingerprint density at radius 3 is 2.31 bits per heavy atom. The number of ketones is 1. The van der Waals surface area contributed by atoms with E-state index in [4.69, 9.17) is 4.42 Å². The predicted octanol–water partition coefficient (Wildman–Crippen LogP) is 4.81. The van der Waals surface area contributed by atoms with Gasteiger partial charge in [0.1, 0.15) is 11.1 Å². The lowest BCUT2D eigenvalue weighted by Crippen LogP contribution is -2.36. The Hall–Kier alpha value is -3.99. The average Bonchev–Trinajstić information content (AvgIpc) is 2.84. The van der Waals surface area contributed by atoms with Crippen molar-refractivity contribution < 1.29 is 13.8 Å². The van der Waals surface area contributed by atoms with Crippen LogP contribution >= 0.6 is 0 Å². The molecule has 0 fully saturated rings. The van der Waals surface area contributed by atoms with Gasteiger partial charge in [-0.15, -0.1) is 0 Å². The molecule has 0 saturated carbocycles. The number of benzene rings is 2. The van der Waals surface area contributed by atoms with E-state index in [1.807, 2.05) is 54.6 Å². The molecule has 0 N–H and O–H groups in total. The Kier molecular flexibility index (Phi) is 6.26. The van der Waals surface area contributed by atoms with Crippen LogP contribution < -0.4 is 15.1 Å². The lowest BCUT2D eigenvalue weighted by atomic mass is 10.1. The average molecular weight is 426 g/mol. The van der Waals surface area contributed by atoms with Crippen LogP contribution in [-0.2, 0) is 0 Å². The molecule has 0 aliphatic carbocycles. The molecule has 5 heteroatoms. The molecule has 0 atom stereocenters. The highest BCUT2D eigenvalue weighted by Crippen LogP contribution is 2.19. The largest absolute Gasteiger partial charge is 0.422 e. The normalized spacial score (nSPS) is 11.5. The second kappa shape index (κ2) is 9.43. The number of aromatic nitrogens is 1. The maximum atomic E-state index is 13.5. The molecule has 2 aromatic heterocycles. The van der Waals surface area contributed by atoms with E-state index in [1.54, 1.807) is 41.2 Å². The van der Waals surface area contributed by atoms with Crippen LogP contribution in [0.5, 0.6) is 0 Å². The number of nitrogens with zero attached hydrogens (tertiary/aromatic N) is 2. The van der Waals surface area contributed by atoms with E-state index < -0.39 is 11.4 Å². The summed E-state index contributed by atoms with van der Waals surface area (Å²) in [5.41, 5.74) is 2.18. The van der Waals surface area contributed by atoms with Crippen molar-refractivity contribution in [3.05, 3.63) is 107 Å². The van der Waals surface area contributed by atoms with E-state index in [2.05, 4.69) is 18.7 Å². The topological polar surface area (TPSA) is 54.4 Å². The molecule has 4 rings (SSSR count). The smallest absolute Gasteiger partial charge is 0.347 e. The molecule has 2 aromatic carbocycles. The lowest BCUT2D eigenvalue weighted by molar-refractivity contribution is -0.575. The Labute approximate surface area is 186 Å². The van der Waals surface area contributed by atoms with Crippen LogP contribution in [0.1, 0.15) is 29.8 Å². The fourth-order valence-corrected chi connectivity index (χ4v) is 3.70. The monoisotopic (exact) mass is 425 g/mol. The number of pyridine rings is 1. The van der Waals surface area contributed by atoms with Gasteiger partial charge < -0.3 is 9.32 Å². The standard InChI is InChI=1S/C27H25N2O3/c1-3-28(4-2)22-14-12-20(13-15-22)18-24(29-16-8-5-9-17-29)26(30)23-19-21-10-6-7-11-25(21)32-27(23)31/h5-19H,3-4H2,1-2H3/q+1/b24-18-. The first-order valence-electron chi connectivity index (χ1n) is 10.7. The minimum atomic E-state index is -0.645. The van der Waals surface area contributed by atoms with Gasteiger partial charge in [-0.2, -0.15) is 4.57 Å². The van der Waals surface area contributed by atoms with Crippen molar-refractivity contribution in [3.63, 3.8) is 0 Å². The molecule has 2 heterocycles. The van der Waals surface area contributed by atoms with E-state index in [0.29, 0.717) is 16.7 Å². The number of carbonyl (C=O) groups is 1. The number of anilines is 1. The number of para-hydroxylation sites is 1. The summed E-state index contributed by atoms with van der Waals surface area (Å²) in [6.07, 6.45) is 5.37. The number of carbonyl (C=O) groups excluding carboxylic acids is 1. The zero-order valence-electron chi connectivity index (χ0n) is 18.2. The highest BCUT2D eigenvalue weighted by molar-refractivity contribution is 6.25. The molecule has 0 amide bonds. The zero-order valence-corrected chi connectivity index (χ0v) is 18.2. The van der Waals surface area contributed by atoms with Gasteiger partial charge in [-0.3, -0.25) is 4.79 Å². The van der Waals surface area contributed by atoms with Crippen LogP contribution in [0.2, 0.25) is 0 Å². The molecule has 5 nitrogen and oxygen atoms in total. The van der Waals surface area contributed by atoms with Crippen LogP contribution in [-0.4, -0.2) is 18.9 Å². The first kappa shape index (κ1) is 21.2. The summed E-state index contributed by atoms with van der Waals surface area (Å²) in [6, 6.07) is 22.4. The molecule has 32 heavy (non-hydrogen) atoms. The van der Waals surface area contributed by atoms with Crippen molar-refractivity contribution in [1.82, 2.24) is 0 Å². The Balaban J connectivity index is 1.79. The summed E-state index contributed by atoms with van der Waals surface area (Å²) < 4.78 is 7.12. The second-order valence-corrected chi connectivity index (χ2v) is 7.39. The highest BCUT2D eigenvalue weighted by Gasteiger charge is 2.25. The third-order valence-electron chi connectivity index (χ3n) is 5.44. The predicted molar refractivity (Wildman–Crippen MR) is 128 cm³/mol. The molecule has 160 valence electrons. The van der Waals surface area contributed by atoms with Crippen molar-refractivity contribution in [2.45, 2.75) is 13.8 Å². The van der Waals surface area contributed by atoms with Gasteiger partial charge in [-0.05, 0) is 43.7 Å². The van der Waals surface area contributed by atoms with Crippen LogP contribution in [0.25, 0.3) is 22.7 Å². The fraction of sp³-hybridized carbons (Fsp3) is 0.148. The Bertz CT molecular complexity index is 1320. The third kappa shape index (κ3) is 4.37. The molecule has 0 bridgehead atoms. The Morgan fingerprint density at radius 2 is 1.62 bits per heavy atom. The molecular weight excluding hydrogens is 400 g/mol. The van der Waals surface area contributed by atoms with Gasteiger partial charge >= 0.3 is 5.63 Å². The summed E-state index contributed by atoms with van der Waals surface area (Å²) in [4.78, 5) is 28.4. The molecule has 0 radical (unpaired) electrons. The zero-order chi connectivity index (χ0) is 22.5. The van der Waals surface area contributed by atoms with E-state index in [9.17, 15) is 9.59 Å². The molecule has 0 spiro atoms. The highest BCUT2D eigenvalue weighted by atomic mass is 16.4. The van der Waals surface area contributed by atoms with Crippen molar-refractivity contribution in [1.29, 1.82) is 0 Å². The van der Waals surface area contributed by atoms with Gasteiger partial charge in [0.05, 0.1) is 0 Å². The number of rotatable bonds is 7. The fourth-order valence-electron chi connectivity index (χ4n) is 3.70. The number of hydrogen-bond acceptors (Lipinski definition) is 4. The molecule has 0 aliphatic heterocycles. The van der Waals surface area contributed by atoms with Crippen molar-refractivity contribution in [2.75, 3.05) is 18.0 Å². The van der Waals surface area contributed by atoms with Gasteiger partial charge in [-0.25, -0.2) is 4.79 Å². The van der Waals surface area contributed by atoms with Crippen molar-refractivity contribution in [2.24, 2.45) is 0 Å². The SMILES string of the molecule is CCN(CC)c1ccc(/C=C(/C(=O)c2cc3ccccc3oc2=O)[n+]2ccccc2)cc1. The summed E-state index contributed by atoms with van der Waals surface area (Å²) in [5, 5.41) is 0.705. The molecule has 0 saturated heterocycles. The lowest BCUT2D eigenvalue weighted by Gasteiger charge is -2.20. The first-order valence-corrected chi connectivity index (χ1v) is 10.7. The van der Waals surface area contributed by atoms with E-state index in [1.165, 1.54) is 0 Å². The first-order chi connectivity index (χ1) is 15.6. The quantitative estimate of drug-likeness (QED) is 0.185. The number of hydrogen-bond donors (Lipinski definition) is 0. The van der Waals surface area contributed by atoms with Crippen molar-refractivity contribution >= 4 is 34.2 Å². The summed E-state index contributed by atoms with van der Waals surface area (Å²) >= 11 is 0. The van der Waals surface area contributed by atoms with Gasteiger partial charge in [0.2, 0.25) is 0 Å². The Morgan fingerprint density at radius 1 is 0.938 bits per heavy atom. The summed E-state index contributed by atoms with van der Waals surface area (Å²) in [6.45, 7) is 6.09. The second-order valence-electron chi connectivity index (χ2n) is 7.39. The van der Waals surface area contributed by atoms with Crippen LogP contribution in [0.4, 0.5) is 5.69 Å². The summed E-state index contributed by atoms with van der Waals surface area (Å²) in [7, 11) is 0. The maximum absolute atomic E-state index is 13.5. The summed E-state index contributed by atoms with van der Waals surface area (Å²) in [5.74, 6) is -0.395. The van der Waals surface area contributed by atoms with Gasteiger partial charge in [-0.1, -0.05) is 36.4 Å². The molecule has 0 unspecified atom stereocenters. The van der Waals surface area contributed by atoms with E-state index in [0.717, 1.165) is 24.3 Å². The van der Waals surface area contributed by atoms with E-state index in [-0.39, 0.29) is 5.56 Å². The minimum Gasteiger partial charge on any atom is -0.422 e. The minimum absolute atomic E-state index is 0.00562. The van der Waals surface area contributed by atoms with Gasteiger partial charge in [0.25, 0.3) is 11.5 Å². The number of Topliss-reactive ketones (excluding diaryl/α,β-unsaturated/α-hetero) is 1.